The lowest BCUT2D eigenvalue weighted by atomic mass is 9.82. The molecule has 19 heavy (non-hydrogen) atoms. The molecule has 2 aliphatic carbocycles. The van der Waals surface area contributed by atoms with Crippen molar-refractivity contribution in [1.29, 1.82) is 0 Å². The van der Waals surface area contributed by atoms with Crippen molar-refractivity contribution in [2.45, 2.75) is 58.3 Å². The maximum absolute atomic E-state index is 4.47. The van der Waals surface area contributed by atoms with Gasteiger partial charge in [-0.15, -0.1) is 0 Å². The maximum Gasteiger partial charge on any atom is 0.132 e. The standard InChI is InChI=1S/C16H25N3/c1-12-5-4-6-13(9-12)10-17-16-14-7-2-3-8-15(14)18-11-19-16/h11-13H,2-10H2,1H3,(H,17,18,19). The number of hydrogen-bond donors (Lipinski definition) is 1. The van der Waals surface area contributed by atoms with E-state index < -0.39 is 0 Å². The largest absolute Gasteiger partial charge is 0.369 e. The highest BCUT2D eigenvalue weighted by Crippen LogP contribution is 2.29. The van der Waals surface area contributed by atoms with E-state index in [0.717, 1.165) is 37.0 Å². The number of aromatic nitrogens is 2. The fraction of sp³-hybridized carbons (Fsp3) is 0.750. The fourth-order valence-corrected chi connectivity index (χ4v) is 3.66. The highest BCUT2D eigenvalue weighted by atomic mass is 15.0. The van der Waals surface area contributed by atoms with Gasteiger partial charge < -0.3 is 5.32 Å². The predicted octanol–water partition coefficient (Wildman–Crippen LogP) is 3.59. The van der Waals surface area contributed by atoms with Crippen molar-refractivity contribution >= 4 is 5.82 Å². The van der Waals surface area contributed by atoms with Crippen molar-refractivity contribution in [3.05, 3.63) is 17.6 Å². The van der Waals surface area contributed by atoms with E-state index in [0.29, 0.717) is 0 Å². The van der Waals surface area contributed by atoms with E-state index in [1.807, 2.05) is 0 Å². The van der Waals surface area contributed by atoms with E-state index >= 15 is 0 Å². The van der Waals surface area contributed by atoms with Crippen LogP contribution in [0.25, 0.3) is 0 Å². The number of fused-ring (bicyclic) bond motifs is 1. The molecule has 0 spiro atoms. The Balaban J connectivity index is 1.63. The lowest BCUT2D eigenvalue weighted by molar-refractivity contribution is 0.293. The molecule has 104 valence electrons. The van der Waals surface area contributed by atoms with E-state index in [1.165, 1.54) is 49.8 Å². The monoisotopic (exact) mass is 259 g/mol. The highest BCUT2D eigenvalue weighted by Gasteiger charge is 2.20. The van der Waals surface area contributed by atoms with Gasteiger partial charge in [0.1, 0.15) is 12.1 Å². The second-order valence-electron chi connectivity index (χ2n) is 6.37. The Morgan fingerprint density at radius 2 is 2.05 bits per heavy atom. The van der Waals surface area contributed by atoms with Gasteiger partial charge in [-0.1, -0.05) is 19.8 Å². The zero-order valence-corrected chi connectivity index (χ0v) is 12.0. The molecule has 0 saturated heterocycles. The molecule has 2 aliphatic rings. The van der Waals surface area contributed by atoms with Gasteiger partial charge in [-0.25, -0.2) is 9.97 Å². The predicted molar refractivity (Wildman–Crippen MR) is 78.3 cm³/mol. The molecule has 0 amide bonds. The van der Waals surface area contributed by atoms with Crippen LogP contribution in [-0.2, 0) is 12.8 Å². The van der Waals surface area contributed by atoms with Gasteiger partial charge in [-0.05, 0) is 50.4 Å². The minimum absolute atomic E-state index is 0.831. The minimum atomic E-state index is 0.831. The first-order valence-corrected chi connectivity index (χ1v) is 7.89. The topological polar surface area (TPSA) is 37.8 Å². The first kappa shape index (κ1) is 12.9. The van der Waals surface area contributed by atoms with Gasteiger partial charge in [0.05, 0.1) is 0 Å². The molecule has 3 rings (SSSR count). The normalized spacial score (nSPS) is 26.8. The minimum Gasteiger partial charge on any atom is -0.369 e. The SMILES string of the molecule is CC1CCCC(CNc2ncnc3c2CCCC3)C1. The zero-order chi connectivity index (χ0) is 13.1. The second kappa shape index (κ2) is 5.89. The summed E-state index contributed by atoms with van der Waals surface area (Å²) >= 11 is 0. The maximum atomic E-state index is 4.47. The quantitative estimate of drug-likeness (QED) is 0.901. The zero-order valence-electron chi connectivity index (χ0n) is 12.0. The first-order chi connectivity index (χ1) is 9.33. The number of rotatable bonds is 3. The molecule has 1 fully saturated rings. The van der Waals surface area contributed by atoms with Gasteiger partial charge in [0, 0.05) is 17.8 Å². The molecule has 1 heterocycles. The molecule has 1 saturated carbocycles. The van der Waals surface area contributed by atoms with Crippen LogP contribution in [0.3, 0.4) is 0 Å². The Hall–Kier alpha value is -1.12. The first-order valence-electron chi connectivity index (χ1n) is 7.89. The summed E-state index contributed by atoms with van der Waals surface area (Å²) in [6.45, 7) is 3.48. The van der Waals surface area contributed by atoms with Crippen molar-refractivity contribution < 1.29 is 0 Å². The molecule has 2 atom stereocenters. The van der Waals surface area contributed by atoms with E-state index in [-0.39, 0.29) is 0 Å². The molecule has 0 radical (unpaired) electrons. The van der Waals surface area contributed by atoms with Crippen molar-refractivity contribution in [2.24, 2.45) is 11.8 Å². The van der Waals surface area contributed by atoms with Gasteiger partial charge >= 0.3 is 0 Å². The Morgan fingerprint density at radius 3 is 2.95 bits per heavy atom. The Labute approximate surface area is 116 Å². The number of hydrogen-bond acceptors (Lipinski definition) is 3. The van der Waals surface area contributed by atoms with Crippen LogP contribution in [0.1, 0.15) is 56.7 Å². The molecule has 0 bridgehead atoms. The molecular weight excluding hydrogens is 234 g/mol. The Kier molecular flexibility index (Phi) is 4.00. The fourth-order valence-electron chi connectivity index (χ4n) is 3.66. The van der Waals surface area contributed by atoms with Gasteiger partial charge in [0.25, 0.3) is 0 Å². The van der Waals surface area contributed by atoms with Gasteiger partial charge in [-0.2, -0.15) is 0 Å². The van der Waals surface area contributed by atoms with Gasteiger partial charge in [0.15, 0.2) is 0 Å². The van der Waals surface area contributed by atoms with E-state index in [9.17, 15) is 0 Å². The summed E-state index contributed by atoms with van der Waals surface area (Å²) in [6, 6.07) is 0. The van der Waals surface area contributed by atoms with Crippen LogP contribution in [0.5, 0.6) is 0 Å². The van der Waals surface area contributed by atoms with E-state index in [2.05, 4.69) is 22.2 Å². The summed E-state index contributed by atoms with van der Waals surface area (Å²) in [6.07, 6.45) is 12.2. The molecule has 3 nitrogen and oxygen atoms in total. The number of anilines is 1. The third-order valence-electron chi connectivity index (χ3n) is 4.73. The number of nitrogens with one attached hydrogen (secondary N) is 1. The molecule has 3 heteroatoms. The summed E-state index contributed by atoms with van der Waals surface area (Å²) in [5.74, 6) is 2.85. The van der Waals surface area contributed by atoms with E-state index in [4.69, 9.17) is 0 Å². The van der Waals surface area contributed by atoms with Crippen molar-refractivity contribution in [1.82, 2.24) is 9.97 Å². The number of nitrogens with zero attached hydrogens (tertiary/aromatic N) is 2. The van der Waals surface area contributed by atoms with Crippen LogP contribution >= 0.6 is 0 Å². The van der Waals surface area contributed by atoms with Crippen molar-refractivity contribution in [3.8, 4) is 0 Å². The molecule has 2 unspecified atom stereocenters. The molecular formula is C16H25N3. The van der Waals surface area contributed by atoms with Crippen molar-refractivity contribution in [2.75, 3.05) is 11.9 Å². The van der Waals surface area contributed by atoms with Gasteiger partial charge in [-0.3, -0.25) is 0 Å². The molecule has 0 aliphatic heterocycles. The molecule has 1 aromatic heterocycles. The van der Waals surface area contributed by atoms with Crippen molar-refractivity contribution in [3.63, 3.8) is 0 Å². The summed E-state index contributed by atoms with van der Waals surface area (Å²) < 4.78 is 0. The summed E-state index contributed by atoms with van der Waals surface area (Å²) in [5.41, 5.74) is 2.67. The van der Waals surface area contributed by atoms with Crippen LogP contribution in [0.15, 0.2) is 6.33 Å². The van der Waals surface area contributed by atoms with Crippen LogP contribution < -0.4 is 5.32 Å². The average molecular weight is 259 g/mol. The Bertz CT molecular complexity index is 430. The van der Waals surface area contributed by atoms with Crippen LogP contribution in [0, 0.1) is 11.8 Å². The van der Waals surface area contributed by atoms with Gasteiger partial charge in [0.2, 0.25) is 0 Å². The second-order valence-corrected chi connectivity index (χ2v) is 6.37. The Morgan fingerprint density at radius 1 is 1.16 bits per heavy atom. The molecule has 1 aromatic rings. The summed E-state index contributed by atoms with van der Waals surface area (Å²) in [7, 11) is 0. The highest BCUT2D eigenvalue weighted by molar-refractivity contribution is 5.46. The van der Waals surface area contributed by atoms with Crippen LogP contribution in [-0.4, -0.2) is 16.5 Å². The molecule has 1 N–H and O–H groups in total. The lowest BCUT2D eigenvalue weighted by Crippen LogP contribution is -2.22. The van der Waals surface area contributed by atoms with Crippen LogP contribution in [0.4, 0.5) is 5.82 Å². The third-order valence-corrected chi connectivity index (χ3v) is 4.73. The number of aryl methyl sites for hydroxylation is 1. The third kappa shape index (κ3) is 3.07. The smallest absolute Gasteiger partial charge is 0.132 e. The van der Waals surface area contributed by atoms with E-state index in [1.54, 1.807) is 6.33 Å². The molecule has 0 aromatic carbocycles. The summed E-state index contributed by atoms with van der Waals surface area (Å²) in [4.78, 5) is 8.91. The summed E-state index contributed by atoms with van der Waals surface area (Å²) in [5, 5.41) is 3.61. The van der Waals surface area contributed by atoms with Crippen LogP contribution in [0.2, 0.25) is 0 Å². The lowest BCUT2D eigenvalue weighted by Gasteiger charge is -2.27. The average Bonchev–Trinajstić information content (AvgIpc) is 2.45.